The zero-order valence-corrected chi connectivity index (χ0v) is 18.3. The van der Waals surface area contributed by atoms with Crippen molar-refractivity contribution in [1.29, 1.82) is 0 Å². The molecule has 0 unspecified atom stereocenters. The van der Waals surface area contributed by atoms with Crippen LogP contribution >= 0.6 is 11.3 Å². The van der Waals surface area contributed by atoms with Crippen LogP contribution in [-0.2, 0) is 6.42 Å². The van der Waals surface area contributed by atoms with Crippen molar-refractivity contribution in [3.8, 4) is 10.6 Å². The first-order chi connectivity index (χ1) is 15.6. The number of aromatic nitrogens is 3. The molecule has 0 bridgehead atoms. The Hall–Kier alpha value is -3.78. The van der Waals surface area contributed by atoms with Crippen molar-refractivity contribution in [1.82, 2.24) is 15.0 Å². The quantitative estimate of drug-likeness (QED) is 0.425. The van der Waals surface area contributed by atoms with Gasteiger partial charge in [0, 0.05) is 24.6 Å². The van der Waals surface area contributed by atoms with Crippen LogP contribution in [0.2, 0.25) is 0 Å². The van der Waals surface area contributed by atoms with E-state index in [4.69, 9.17) is 4.98 Å². The number of fused-ring (bicyclic) bond motifs is 1. The Balaban J connectivity index is 1.43. The summed E-state index contributed by atoms with van der Waals surface area (Å²) >= 11 is 1.55. The summed E-state index contributed by atoms with van der Waals surface area (Å²) in [5.41, 5.74) is 4.30. The number of nitrogens with one attached hydrogen (secondary N) is 1. The number of carboxylic acid groups (broad SMARTS) is 1. The lowest BCUT2D eigenvalue weighted by atomic mass is 10.00. The highest BCUT2D eigenvalue weighted by atomic mass is 32.1. The van der Waals surface area contributed by atoms with Crippen LogP contribution in [0.5, 0.6) is 0 Å². The maximum absolute atomic E-state index is 11.5. The maximum Gasteiger partial charge on any atom is 0.335 e. The van der Waals surface area contributed by atoms with E-state index in [9.17, 15) is 9.90 Å². The van der Waals surface area contributed by atoms with E-state index in [1.165, 1.54) is 0 Å². The standard InChI is InChI=1S/C24H21N5O2S/c1-15-9-10-25-22(12-15)28-21-6-2-5-18(27-21)20-14-26-24(32-20)29-11-3-4-16-7-8-17(23(30)31)13-19(16)29/h2,5-10,12-14H,3-4,11H2,1H3,(H,30,31)(H,25,27,28). The van der Waals surface area contributed by atoms with Crippen molar-refractivity contribution >= 4 is 39.8 Å². The molecule has 0 radical (unpaired) electrons. The lowest BCUT2D eigenvalue weighted by Gasteiger charge is -2.29. The van der Waals surface area contributed by atoms with E-state index < -0.39 is 5.97 Å². The van der Waals surface area contributed by atoms with Crippen LogP contribution in [0.3, 0.4) is 0 Å². The van der Waals surface area contributed by atoms with Crippen LogP contribution in [0, 0.1) is 6.92 Å². The van der Waals surface area contributed by atoms with Crippen LogP contribution in [0.4, 0.5) is 22.5 Å². The molecule has 4 heterocycles. The molecule has 2 N–H and O–H groups in total. The molecule has 160 valence electrons. The smallest absolute Gasteiger partial charge is 0.335 e. The SMILES string of the molecule is Cc1ccnc(Nc2cccc(-c3cnc(N4CCCc5ccc(C(=O)O)cc54)s3)n2)c1. The van der Waals surface area contributed by atoms with Crippen molar-refractivity contribution in [3.05, 3.63) is 77.6 Å². The van der Waals surface area contributed by atoms with Gasteiger partial charge in [0.05, 0.1) is 16.1 Å². The molecule has 1 aliphatic rings. The number of benzene rings is 1. The largest absolute Gasteiger partial charge is 0.478 e. The molecule has 7 nitrogen and oxygen atoms in total. The number of anilines is 4. The van der Waals surface area contributed by atoms with Crippen molar-refractivity contribution in [2.75, 3.05) is 16.8 Å². The zero-order valence-electron chi connectivity index (χ0n) is 17.4. The van der Waals surface area contributed by atoms with Crippen LogP contribution < -0.4 is 10.2 Å². The molecular weight excluding hydrogens is 422 g/mol. The van der Waals surface area contributed by atoms with Gasteiger partial charge in [-0.2, -0.15) is 0 Å². The molecule has 8 heteroatoms. The molecule has 1 aliphatic heterocycles. The predicted molar refractivity (Wildman–Crippen MR) is 126 cm³/mol. The Bertz CT molecular complexity index is 1300. The summed E-state index contributed by atoms with van der Waals surface area (Å²) in [6.07, 6.45) is 5.53. The number of nitrogens with zero attached hydrogens (tertiary/aromatic N) is 4. The van der Waals surface area contributed by atoms with Gasteiger partial charge in [0.1, 0.15) is 11.6 Å². The minimum Gasteiger partial charge on any atom is -0.478 e. The number of carboxylic acids is 1. The second-order valence-electron chi connectivity index (χ2n) is 7.66. The van der Waals surface area contributed by atoms with Gasteiger partial charge in [-0.25, -0.2) is 19.7 Å². The number of thiazole rings is 1. The second kappa shape index (κ2) is 8.39. The Labute approximate surface area is 189 Å². The molecule has 0 saturated carbocycles. The number of pyridine rings is 2. The molecule has 0 atom stereocenters. The third kappa shape index (κ3) is 4.04. The van der Waals surface area contributed by atoms with Gasteiger partial charge in [0.2, 0.25) is 0 Å². The Morgan fingerprint density at radius 1 is 1.12 bits per heavy atom. The van der Waals surface area contributed by atoms with E-state index in [0.717, 1.165) is 57.7 Å². The molecule has 5 rings (SSSR count). The number of rotatable bonds is 5. The molecule has 0 aliphatic carbocycles. The zero-order chi connectivity index (χ0) is 22.1. The number of aromatic carboxylic acids is 1. The molecule has 0 fully saturated rings. The van der Waals surface area contributed by atoms with Crippen molar-refractivity contribution in [3.63, 3.8) is 0 Å². The van der Waals surface area contributed by atoms with E-state index in [2.05, 4.69) is 20.2 Å². The minimum atomic E-state index is -0.922. The summed E-state index contributed by atoms with van der Waals surface area (Å²) in [5, 5.41) is 13.5. The van der Waals surface area contributed by atoms with Crippen LogP contribution in [-0.4, -0.2) is 32.6 Å². The summed E-state index contributed by atoms with van der Waals surface area (Å²) in [7, 11) is 0. The fourth-order valence-corrected chi connectivity index (χ4v) is 4.72. The summed E-state index contributed by atoms with van der Waals surface area (Å²) < 4.78 is 0. The third-order valence-electron chi connectivity index (χ3n) is 5.35. The first-order valence-electron chi connectivity index (χ1n) is 10.3. The fourth-order valence-electron chi connectivity index (χ4n) is 3.79. The average molecular weight is 444 g/mol. The maximum atomic E-state index is 11.5. The monoisotopic (exact) mass is 443 g/mol. The minimum absolute atomic E-state index is 0.289. The van der Waals surface area contributed by atoms with Crippen LogP contribution in [0.15, 0.2) is 60.9 Å². The summed E-state index contributed by atoms with van der Waals surface area (Å²) in [6, 6.07) is 15.1. The van der Waals surface area contributed by atoms with E-state index in [0.29, 0.717) is 5.82 Å². The van der Waals surface area contributed by atoms with Gasteiger partial charge in [-0.05, 0) is 67.3 Å². The molecule has 4 aromatic rings. The Kier molecular flexibility index (Phi) is 5.28. The lowest BCUT2D eigenvalue weighted by Crippen LogP contribution is -2.24. The lowest BCUT2D eigenvalue weighted by molar-refractivity contribution is 0.0697. The van der Waals surface area contributed by atoms with E-state index >= 15 is 0 Å². The summed E-state index contributed by atoms with van der Waals surface area (Å²) in [4.78, 5) is 28.2. The highest BCUT2D eigenvalue weighted by Crippen LogP contribution is 2.38. The number of aryl methyl sites for hydroxylation is 2. The average Bonchev–Trinajstić information content (AvgIpc) is 3.29. The predicted octanol–water partition coefficient (Wildman–Crippen LogP) is 5.43. The first-order valence-corrected chi connectivity index (χ1v) is 11.2. The number of hydrogen-bond donors (Lipinski definition) is 2. The summed E-state index contributed by atoms with van der Waals surface area (Å²) in [6.45, 7) is 2.82. The first kappa shape index (κ1) is 20.1. The van der Waals surface area contributed by atoms with Gasteiger partial charge in [-0.1, -0.05) is 23.5 Å². The molecule has 0 amide bonds. The molecular formula is C24H21N5O2S. The Morgan fingerprint density at radius 2 is 2.03 bits per heavy atom. The molecule has 3 aromatic heterocycles. The normalized spacial score (nSPS) is 13.0. The van der Waals surface area contributed by atoms with Gasteiger partial charge in [0.15, 0.2) is 5.13 Å². The Morgan fingerprint density at radius 3 is 2.88 bits per heavy atom. The van der Waals surface area contributed by atoms with Gasteiger partial charge in [-0.3, -0.25) is 0 Å². The van der Waals surface area contributed by atoms with E-state index in [1.807, 2.05) is 49.5 Å². The fraction of sp³-hybridized carbons (Fsp3) is 0.167. The van der Waals surface area contributed by atoms with Gasteiger partial charge in [-0.15, -0.1) is 0 Å². The second-order valence-corrected chi connectivity index (χ2v) is 8.67. The third-order valence-corrected chi connectivity index (χ3v) is 6.39. The molecule has 1 aromatic carbocycles. The summed E-state index contributed by atoms with van der Waals surface area (Å²) in [5.74, 6) is 0.540. The molecule has 0 spiro atoms. The number of hydrogen-bond acceptors (Lipinski definition) is 7. The van der Waals surface area contributed by atoms with Gasteiger partial charge < -0.3 is 15.3 Å². The van der Waals surface area contributed by atoms with Gasteiger partial charge >= 0.3 is 5.97 Å². The highest BCUT2D eigenvalue weighted by molar-refractivity contribution is 7.18. The molecule has 0 saturated heterocycles. The topological polar surface area (TPSA) is 91.2 Å². The molecule has 32 heavy (non-hydrogen) atoms. The number of carbonyl (C=O) groups is 1. The van der Waals surface area contributed by atoms with E-state index in [-0.39, 0.29) is 5.56 Å². The van der Waals surface area contributed by atoms with Crippen molar-refractivity contribution in [2.24, 2.45) is 0 Å². The van der Waals surface area contributed by atoms with Crippen molar-refractivity contribution < 1.29 is 9.90 Å². The highest BCUT2D eigenvalue weighted by Gasteiger charge is 2.22. The van der Waals surface area contributed by atoms with Crippen molar-refractivity contribution in [2.45, 2.75) is 19.8 Å². The van der Waals surface area contributed by atoms with Crippen LogP contribution in [0.1, 0.15) is 27.9 Å². The van der Waals surface area contributed by atoms with E-state index in [1.54, 1.807) is 29.7 Å². The van der Waals surface area contributed by atoms with Crippen LogP contribution in [0.25, 0.3) is 10.6 Å². The van der Waals surface area contributed by atoms with Gasteiger partial charge in [0.25, 0.3) is 0 Å².